The van der Waals surface area contributed by atoms with Crippen LogP contribution in [0.5, 0.6) is 0 Å². The third kappa shape index (κ3) is 1.65. The maximum Gasteiger partial charge on any atom is 0.245 e. The average molecular weight is 223 g/mol. The molecule has 1 N–H and O–H groups in total. The number of anilines is 1. The molecule has 0 aromatic carbocycles. The first-order valence-electron chi connectivity index (χ1n) is 5.76. The lowest BCUT2D eigenvalue weighted by Gasteiger charge is -2.43. The van der Waals surface area contributed by atoms with Crippen LogP contribution in [0.4, 0.5) is 5.95 Å². The molecule has 0 unspecified atom stereocenters. The summed E-state index contributed by atoms with van der Waals surface area (Å²) in [7, 11) is 1.89. The molecule has 7 heteroatoms. The van der Waals surface area contributed by atoms with Gasteiger partial charge >= 0.3 is 0 Å². The third-order valence-corrected chi connectivity index (χ3v) is 3.47. The minimum Gasteiger partial charge on any atom is -0.337 e. The molecule has 2 saturated heterocycles. The van der Waals surface area contributed by atoms with Crippen LogP contribution in [-0.2, 0) is 7.05 Å². The molecule has 2 aliphatic heterocycles. The van der Waals surface area contributed by atoms with Crippen molar-refractivity contribution in [3.63, 3.8) is 0 Å². The van der Waals surface area contributed by atoms with Gasteiger partial charge in [-0.2, -0.15) is 0 Å². The van der Waals surface area contributed by atoms with E-state index in [2.05, 4.69) is 30.6 Å². The van der Waals surface area contributed by atoms with E-state index in [0.29, 0.717) is 0 Å². The Morgan fingerprint density at radius 1 is 1.19 bits per heavy atom. The normalized spacial score (nSPS) is 23.4. The molecule has 88 valence electrons. The second-order valence-electron chi connectivity index (χ2n) is 4.44. The number of nitrogens with one attached hydrogen (secondary N) is 1. The van der Waals surface area contributed by atoms with Crippen LogP contribution in [0.15, 0.2) is 0 Å². The Morgan fingerprint density at radius 2 is 1.94 bits per heavy atom. The van der Waals surface area contributed by atoms with E-state index < -0.39 is 0 Å². The van der Waals surface area contributed by atoms with Gasteiger partial charge in [-0.15, -0.1) is 0 Å². The molecule has 0 saturated carbocycles. The van der Waals surface area contributed by atoms with Crippen LogP contribution in [0.1, 0.15) is 0 Å². The van der Waals surface area contributed by atoms with E-state index in [4.69, 9.17) is 0 Å². The molecule has 1 aromatic rings. The molecule has 0 bridgehead atoms. The lowest BCUT2D eigenvalue weighted by Crippen LogP contribution is -2.61. The van der Waals surface area contributed by atoms with Gasteiger partial charge in [0.25, 0.3) is 0 Å². The molecule has 0 spiro atoms. The van der Waals surface area contributed by atoms with Gasteiger partial charge in [0, 0.05) is 52.4 Å². The Labute approximate surface area is 94.4 Å². The number of hydrogen-bond acceptors (Lipinski definition) is 6. The molecule has 1 aromatic heterocycles. The Morgan fingerprint density at radius 3 is 2.44 bits per heavy atom. The van der Waals surface area contributed by atoms with E-state index >= 15 is 0 Å². The van der Waals surface area contributed by atoms with Crippen molar-refractivity contribution >= 4 is 5.95 Å². The van der Waals surface area contributed by atoms with Crippen molar-refractivity contribution in [2.24, 2.45) is 7.05 Å². The fraction of sp³-hybridized carbons (Fsp3) is 0.889. The highest BCUT2D eigenvalue weighted by Crippen LogP contribution is 2.13. The average Bonchev–Trinajstić information content (AvgIpc) is 2.63. The zero-order valence-electron chi connectivity index (χ0n) is 9.50. The summed E-state index contributed by atoms with van der Waals surface area (Å²) in [6.45, 7) is 6.55. The van der Waals surface area contributed by atoms with Gasteiger partial charge in [-0.1, -0.05) is 5.10 Å². The summed E-state index contributed by atoms with van der Waals surface area (Å²) in [5.74, 6) is 0.881. The van der Waals surface area contributed by atoms with Gasteiger partial charge in [0.05, 0.1) is 0 Å². The number of rotatable bonds is 2. The van der Waals surface area contributed by atoms with E-state index in [-0.39, 0.29) is 0 Å². The van der Waals surface area contributed by atoms with E-state index in [1.54, 1.807) is 4.68 Å². The molecule has 2 aliphatic rings. The van der Waals surface area contributed by atoms with Crippen molar-refractivity contribution in [2.75, 3.05) is 44.2 Å². The Kier molecular flexibility index (Phi) is 2.49. The number of tetrazole rings is 1. The fourth-order valence-corrected chi connectivity index (χ4v) is 2.31. The maximum absolute atomic E-state index is 4.04. The summed E-state index contributed by atoms with van der Waals surface area (Å²) in [6.07, 6.45) is 0. The minimum absolute atomic E-state index is 0.750. The zero-order chi connectivity index (χ0) is 11.0. The maximum atomic E-state index is 4.04. The van der Waals surface area contributed by atoms with Crippen LogP contribution in [-0.4, -0.2) is 70.4 Å². The molecule has 0 atom stereocenters. The van der Waals surface area contributed by atoms with E-state index in [0.717, 1.165) is 51.3 Å². The summed E-state index contributed by atoms with van der Waals surface area (Å²) in [6, 6.07) is 0.750. The van der Waals surface area contributed by atoms with Crippen molar-refractivity contribution in [3.8, 4) is 0 Å². The highest BCUT2D eigenvalue weighted by Gasteiger charge is 2.28. The summed E-state index contributed by atoms with van der Waals surface area (Å²) >= 11 is 0. The SMILES string of the molecule is Cn1nnnc1N1CCN(C2CNC2)CC1. The van der Waals surface area contributed by atoms with Crippen LogP contribution >= 0.6 is 0 Å². The number of nitrogens with zero attached hydrogens (tertiary/aromatic N) is 6. The smallest absolute Gasteiger partial charge is 0.245 e. The molecule has 2 fully saturated rings. The van der Waals surface area contributed by atoms with E-state index in [1.165, 1.54) is 0 Å². The fourth-order valence-electron chi connectivity index (χ4n) is 2.31. The topological polar surface area (TPSA) is 62.1 Å². The monoisotopic (exact) mass is 223 g/mol. The number of aromatic nitrogens is 4. The molecule has 3 heterocycles. The third-order valence-electron chi connectivity index (χ3n) is 3.47. The first-order chi connectivity index (χ1) is 7.84. The molecular weight excluding hydrogens is 206 g/mol. The van der Waals surface area contributed by atoms with Crippen LogP contribution < -0.4 is 10.2 Å². The second-order valence-corrected chi connectivity index (χ2v) is 4.44. The Hall–Kier alpha value is -1.21. The molecule has 3 rings (SSSR count). The summed E-state index contributed by atoms with van der Waals surface area (Å²) < 4.78 is 1.74. The van der Waals surface area contributed by atoms with Crippen LogP contribution in [0.3, 0.4) is 0 Å². The highest BCUT2D eigenvalue weighted by molar-refractivity contribution is 5.28. The van der Waals surface area contributed by atoms with Crippen molar-refractivity contribution in [2.45, 2.75) is 6.04 Å². The molecule has 0 aliphatic carbocycles. The minimum atomic E-state index is 0.750. The van der Waals surface area contributed by atoms with E-state index in [9.17, 15) is 0 Å². The molecule has 0 amide bonds. The van der Waals surface area contributed by atoms with Crippen molar-refractivity contribution in [3.05, 3.63) is 0 Å². The standard InChI is InChI=1S/C9H17N7/c1-14-9(11-12-13-14)16-4-2-15(3-5-16)8-6-10-7-8/h8,10H,2-7H2,1H3. The predicted molar refractivity (Wildman–Crippen MR) is 59.2 cm³/mol. The quantitative estimate of drug-likeness (QED) is 0.645. The lowest BCUT2D eigenvalue weighted by atomic mass is 10.1. The second kappa shape index (κ2) is 3.99. The largest absolute Gasteiger partial charge is 0.337 e. The molecular formula is C9H17N7. The lowest BCUT2D eigenvalue weighted by molar-refractivity contribution is 0.137. The first kappa shape index (κ1) is 9.98. The number of hydrogen-bond donors (Lipinski definition) is 1. The zero-order valence-corrected chi connectivity index (χ0v) is 9.50. The Bertz CT molecular complexity index is 350. The molecule has 7 nitrogen and oxygen atoms in total. The van der Waals surface area contributed by atoms with Gasteiger partial charge in [-0.3, -0.25) is 4.90 Å². The highest BCUT2D eigenvalue weighted by atomic mass is 15.6. The van der Waals surface area contributed by atoms with Crippen LogP contribution in [0.2, 0.25) is 0 Å². The van der Waals surface area contributed by atoms with Crippen molar-refractivity contribution < 1.29 is 0 Å². The van der Waals surface area contributed by atoms with Gasteiger partial charge in [-0.25, -0.2) is 4.68 Å². The van der Waals surface area contributed by atoms with Gasteiger partial charge in [0.2, 0.25) is 5.95 Å². The van der Waals surface area contributed by atoms with Crippen LogP contribution in [0.25, 0.3) is 0 Å². The van der Waals surface area contributed by atoms with Crippen molar-refractivity contribution in [1.29, 1.82) is 0 Å². The van der Waals surface area contributed by atoms with Gasteiger partial charge in [0.1, 0.15) is 0 Å². The Balaban J connectivity index is 1.60. The predicted octanol–water partition coefficient (Wildman–Crippen LogP) is -1.70. The number of piperazine rings is 1. The van der Waals surface area contributed by atoms with Gasteiger partial charge in [-0.05, 0) is 10.4 Å². The van der Waals surface area contributed by atoms with Gasteiger partial charge in [0.15, 0.2) is 0 Å². The van der Waals surface area contributed by atoms with Gasteiger partial charge < -0.3 is 10.2 Å². The number of aryl methyl sites for hydroxylation is 1. The molecule has 16 heavy (non-hydrogen) atoms. The summed E-state index contributed by atoms with van der Waals surface area (Å²) in [5, 5.41) is 14.9. The van der Waals surface area contributed by atoms with Crippen LogP contribution in [0, 0.1) is 0 Å². The van der Waals surface area contributed by atoms with Crippen molar-refractivity contribution in [1.82, 2.24) is 30.4 Å². The summed E-state index contributed by atoms with van der Waals surface area (Å²) in [4.78, 5) is 4.80. The summed E-state index contributed by atoms with van der Waals surface area (Å²) in [5.41, 5.74) is 0. The molecule has 0 radical (unpaired) electrons. The first-order valence-corrected chi connectivity index (χ1v) is 5.76. The van der Waals surface area contributed by atoms with E-state index in [1.807, 2.05) is 7.05 Å².